The van der Waals surface area contributed by atoms with Gasteiger partial charge in [0.05, 0.1) is 6.10 Å². The summed E-state index contributed by atoms with van der Waals surface area (Å²) in [6, 6.07) is 4.27. The third kappa shape index (κ3) is 3.03. The molecule has 2 rings (SSSR count). The van der Waals surface area contributed by atoms with Crippen LogP contribution in [0.15, 0.2) is 17.5 Å². The van der Waals surface area contributed by atoms with Gasteiger partial charge in [-0.3, -0.25) is 0 Å². The minimum absolute atomic E-state index is 0.0595. The average molecular weight is 225 g/mol. The van der Waals surface area contributed by atoms with Gasteiger partial charge in [-0.25, -0.2) is 0 Å². The summed E-state index contributed by atoms with van der Waals surface area (Å²) in [4.78, 5) is 3.73. The largest absolute Gasteiger partial charge is 0.393 e. The van der Waals surface area contributed by atoms with Gasteiger partial charge in [0.2, 0.25) is 0 Å². The van der Waals surface area contributed by atoms with E-state index in [9.17, 15) is 5.11 Å². The van der Waals surface area contributed by atoms with E-state index in [0.29, 0.717) is 5.92 Å². The zero-order valence-electron chi connectivity index (χ0n) is 9.22. The molecule has 1 aliphatic carbocycles. The fourth-order valence-electron chi connectivity index (χ4n) is 2.36. The predicted octanol–water partition coefficient (Wildman–Crippen LogP) is 2.34. The Balaban J connectivity index is 1.79. The van der Waals surface area contributed by atoms with Crippen LogP contribution in [0.4, 0.5) is 0 Å². The summed E-state index contributed by atoms with van der Waals surface area (Å²) in [5.74, 6) is 0.495. The van der Waals surface area contributed by atoms with E-state index < -0.39 is 0 Å². The maximum absolute atomic E-state index is 9.74. The van der Waals surface area contributed by atoms with Crippen molar-refractivity contribution in [2.24, 2.45) is 5.92 Å². The van der Waals surface area contributed by atoms with E-state index in [1.807, 2.05) is 0 Å². The van der Waals surface area contributed by atoms with Crippen molar-refractivity contribution >= 4 is 11.3 Å². The van der Waals surface area contributed by atoms with Crippen molar-refractivity contribution < 1.29 is 5.11 Å². The number of thiophene rings is 1. The molecule has 1 N–H and O–H groups in total. The fourth-order valence-corrected chi connectivity index (χ4v) is 3.15. The molecular weight excluding hydrogens is 206 g/mol. The van der Waals surface area contributed by atoms with Gasteiger partial charge in [-0.05, 0) is 37.3 Å². The molecule has 0 saturated heterocycles. The summed E-state index contributed by atoms with van der Waals surface area (Å²) in [5.41, 5.74) is 0. The zero-order valence-corrected chi connectivity index (χ0v) is 10.0. The lowest BCUT2D eigenvalue weighted by Gasteiger charge is -2.22. The molecule has 0 spiro atoms. The fraction of sp³-hybridized carbons (Fsp3) is 0.667. The average Bonchev–Trinajstić information content (AvgIpc) is 2.79. The molecule has 2 nitrogen and oxygen atoms in total. The van der Waals surface area contributed by atoms with Gasteiger partial charge in [0.1, 0.15) is 0 Å². The standard InChI is InChI=1S/C12H19NOS/c1-13(9-11-5-3-7-15-11)8-10-4-2-6-12(10)14/h3,5,7,10,12,14H,2,4,6,8-9H2,1H3. The number of hydrogen-bond acceptors (Lipinski definition) is 3. The number of aliphatic hydroxyl groups excluding tert-OH is 1. The second-order valence-corrected chi connectivity index (χ2v) is 5.57. The Bertz CT molecular complexity index is 286. The minimum atomic E-state index is -0.0595. The van der Waals surface area contributed by atoms with Gasteiger partial charge in [0.25, 0.3) is 0 Å². The van der Waals surface area contributed by atoms with E-state index in [-0.39, 0.29) is 6.10 Å². The maximum atomic E-state index is 9.74. The highest BCUT2D eigenvalue weighted by Gasteiger charge is 2.25. The highest BCUT2D eigenvalue weighted by molar-refractivity contribution is 7.09. The van der Waals surface area contributed by atoms with E-state index in [4.69, 9.17) is 0 Å². The van der Waals surface area contributed by atoms with Gasteiger partial charge in [-0.2, -0.15) is 0 Å². The van der Waals surface area contributed by atoms with E-state index in [1.165, 1.54) is 17.7 Å². The summed E-state index contributed by atoms with van der Waals surface area (Å²) in [6.07, 6.45) is 3.32. The Hall–Kier alpha value is -0.380. The summed E-state index contributed by atoms with van der Waals surface area (Å²) in [6.45, 7) is 2.04. The summed E-state index contributed by atoms with van der Waals surface area (Å²) in [7, 11) is 2.14. The third-order valence-corrected chi connectivity index (χ3v) is 4.03. The minimum Gasteiger partial charge on any atom is -0.393 e. The lowest BCUT2D eigenvalue weighted by molar-refractivity contribution is 0.108. The van der Waals surface area contributed by atoms with Crippen LogP contribution in [-0.4, -0.2) is 29.7 Å². The molecule has 2 unspecified atom stereocenters. The third-order valence-electron chi connectivity index (χ3n) is 3.17. The van der Waals surface area contributed by atoms with Gasteiger partial charge in [0, 0.05) is 18.0 Å². The Morgan fingerprint density at radius 1 is 1.53 bits per heavy atom. The van der Waals surface area contributed by atoms with Crippen molar-refractivity contribution in [2.75, 3.05) is 13.6 Å². The normalized spacial score (nSPS) is 26.3. The SMILES string of the molecule is CN(Cc1cccs1)CC1CCCC1O. The van der Waals surface area contributed by atoms with Gasteiger partial charge in [-0.15, -0.1) is 11.3 Å². The quantitative estimate of drug-likeness (QED) is 0.850. The van der Waals surface area contributed by atoms with Crippen molar-refractivity contribution in [3.05, 3.63) is 22.4 Å². The number of nitrogens with zero attached hydrogens (tertiary/aromatic N) is 1. The Morgan fingerprint density at radius 3 is 3.00 bits per heavy atom. The molecule has 0 aromatic carbocycles. The second kappa shape index (κ2) is 5.10. The zero-order chi connectivity index (χ0) is 10.7. The van der Waals surface area contributed by atoms with E-state index >= 15 is 0 Å². The molecule has 3 heteroatoms. The summed E-state index contributed by atoms with van der Waals surface area (Å²) < 4.78 is 0. The van der Waals surface area contributed by atoms with Crippen molar-refractivity contribution in [1.82, 2.24) is 4.90 Å². The molecular formula is C12H19NOS. The molecule has 1 aliphatic rings. The first kappa shape index (κ1) is 11.1. The summed E-state index contributed by atoms with van der Waals surface area (Å²) >= 11 is 1.81. The van der Waals surface area contributed by atoms with Crippen LogP contribution in [0.2, 0.25) is 0 Å². The van der Waals surface area contributed by atoms with E-state index in [1.54, 1.807) is 11.3 Å². The van der Waals surface area contributed by atoms with Crippen LogP contribution < -0.4 is 0 Å². The van der Waals surface area contributed by atoms with Gasteiger partial charge in [0.15, 0.2) is 0 Å². The predicted molar refractivity (Wildman–Crippen MR) is 64.0 cm³/mol. The second-order valence-electron chi connectivity index (χ2n) is 4.53. The lowest BCUT2D eigenvalue weighted by Crippen LogP contribution is -2.29. The Morgan fingerprint density at radius 2 is 2.40 bits per heavy atom. The van der Waals surface area contributed by atoms with Crippen LogP contribution in [0.5, 0.6) is 0 Å². The molecule has 1 saturated carbocycles. The Labute approximate surface area is 95.5 Å². The van der Waals surface area contributed by atoms with Crippen molar-refractivity contribution in [2.45, 2.75) is 31.9 Å². The monoisotopic (exact) mass is 225 g/mol. The number of hydrogen-bond donors (Lipinski definition) is 1. The number of rotatable bonds is 4. The topological polar surface area (TPSA) is 23.5 Å². The van der Waals surface area contributed by atoms with Crippen LogP contribution in [0.1, 0.15) is 24.1 Å². The van der Waals surface area contributed by atoms with Crippen molar-refractivity contribution in [3.8, 4) is 0 Å². The molecule has 1 aromatic rings. The highest BCUT2D eigenvalue weighted by atomic mass is 32.1. The summed E-state index contributed by atoms with van der Waals surface area (Å²) in [5, 5.41) is 11.9. The van der Waals surface area contributed by atoms with Gasteiger partial charge < -0.3 is 10.0 Å². The first-order chi connectivity index (χ1) is 7.25. The molecule has 0 amide bonds. The molecule has 2 atom stereocenters. The molecule has 0 aliphatic heterocycles. The number of aliphatic hydroxyl groups is 1. The molecule has 1 fully saturated rings. The first-order valence-electron chi connectivity index (χ1n) is 5.64. The van der Waals surface area contributed by atoms with Crippen LogP contribution >= 0.6 is 11.3 Å². The van der Waals surface area contributed by atoms with Crippen molar-refractivity contribution in [1.29, 1.82) is 0 Å². The van der Waals surface area contributed by atoms with Crippen molar-refractivity contribution in [3.63, 3.8) is 0 Å². The van der Waals surface area contributed by atoms with E-state index in [0.717, 1.165) is 19.5 Å². The molecule has 0 bridgehead atoms. The molecule has 15 heavy (non-hydrogen) atoms. The van der Waals surface area contributed by atoms with Gasteiger partial charge in [-0.1, -0.05) is 12.5 Å². The van der Waals surface area contributed by atoms with Crippen LogP contribution in [0.25, 0.3) is 0 Å². The van der Waals surface area contributed by atoms with Crippen LogP contribution in [0, 0.1) is 5.92 Å². The smallest absolute Gasteiger partial charge is 0.0580 e. The molecule has 84 valence electrons. The van der Waals surface area contributed by atoms with Crippen LogP contribution in [0.3, 0.4) is 0 Å². The van der Waals surface area contributed by atoms with Crippen LogP contribution in [-0.2, 0) is 6.54 Å². The molecule has 1 aromatic heterocycles. The lowest BCUT2D eigenvalue weighted by atomic mass is 10.1. The van der Waals surface area contributed by atoms with Gasteiger partial charge >= 0.3 is 0 Å². The molecule has 1 heterocycles. The first-order valence-corrected chi connectivity index (χ1v) is 6.52. The highest BCUT2D eigenvalue weighted by Crippen LogP contribution is 2.26. The maximum Gasteiger partial charge on any atom is 0.0580 e. The molecule has 0 radical (unpaired) electrons. The van der Waals surface area contributed by atoms with E-state index in [2.05, 4.69) is 29.5 Å². The Kier molecular flexibility index (Phi) is 3.78.